The molecule has 1 aromatic rings. The molecule has 3 amide bonds. The van der Waals surface area contributed by atoms with Gasteiger partial charge in [0.25, 0.3) is 17.7 Å². The van der Waals surface area contributed by atoms with Gasteiger partial charge in [-0.15, -0.1) is 11.8 Å². The van der Waals surface area contributed by atoms with E-state index in [0.29, 0.717) is 0 Å². The Morgan fingerprint density at radius 1 is 1.16 bits per heavy atom. The molecule has 2 aliphatic heterocycles. The largest absolute Gasteiger partial charge is 0.467 e. The SMILES string of the molecule is COC(=O)[C@H]1NC(=O)C(N2C(=O)c3ccccc3C2=O)=CSC1(C)C. The first-order valence-corrected chi connectivity index (χ1v) is 8.40. The highest BCUT2D eigenvalue weighted by molar-refractivity contribution is 8.03. The Kier molecular flexibility index (Phi) is 4.16. The average Bonchev–Trinajstić information content (AvgIpc) is 2.77. The maximum atomic E-state index is 12.6. The fourth-order valence-electron chi connectivity index (χ4n) is 2.73. The topological polar surface area (TPSA) is 92.8 Å². The number of carbonyl (C=O) groups is 4. The number of benzene rings is 1. The normalized spacial score (nSPS) is 22.0. The number of fused-ring (bicyclic) bond motifs is 1. The summed E-state index contributed by atoms with van der Waals surface area (Å²) in [5.41, 5.74) is 0.397. The summed E-state index contributed by atoms with van der Waals surface area (Å²) >= 11 is 1.18. The van der Waals surface area contributed by atoms with Crippen LogP contribution in [0.3, 0.4) is 0 Å². The minimum atomic E-state index is -0.918. The second-order valence-corrected chi connectivity index (χ2v) is 7.67. The summed E-state index contributed by atoms with van der Waals surface area (Å²) in [7, 11) is 1.23. The maximum Gasteiger partial charge on any atom is 0.329 e. The summed E-state index contributed by atoms with van der Waals surface area (Å²) in [5, 5.41) is 4.01. The van der Waals surface area contributed by atoms with Crippen LogP contribution in [0.1, 0.15) is 34.6 Å². The summed E-state index contributed by atoms with van der Waals surface area (Å²) in [6, 6.07) is 5.47. The van der Waals surface area contributed by atoms with Crippen LogP contribution < -0.4 is 5.32 Å². The minimum absolute atomic E-state index is 0.101. The lowest BCUT2D eigenvalue weighted by Gasteiger charge is -2.29. The fourth-order valence-corrected chi connectivity index (χ4v) is 3.65. The van der Waals surface area contributed by atoms with E-state index in [1.807, 2.05) is 0 Å². The molecule has 0 aromatic heterocycles. The zero-order chi connectivity index (χ0) is 18.4. The standard InChI is InChI=1S/C17H16N2O5S/c1-17(2)12(16(23)24-3)18-13(20)11(8-25-17)19-14(21)9-6-4-5-7-10(9)15(19)22/h4-8,12H,1-3H3,(H,18,20)/t12-/m1/s1. The molecule has 0 unspecified atom stereocenters. The molecule has 25 heavy (non-hydrogen) atoms. The Morgan fingerprint density at radius 3 is 2.24 bits per heavy atom. The van der Waals surface area contributed by atoms with Crippen LogP contribution >= 0.6 is 11.8 Å². The van der Waals surface area contributed by atoms with Crippen LogP contribution in [0.2, 0.25) is 0 Å². The third-order valence-corrected chi connectivity index (χ3v) is 5.33. The van der Waals surface area contributed by atoms with E-state index in [9.17, 15) is 19.2 Å². The molecule has 0 saturated heterocycles. The van der Waals surface area contributed by atoms with Gasteiger partial charge in [0.1, 0.15) is 11.7 Å². The Morgan fingerprint density at radius 2 is 1.72 bits per heavy atom. The van der Waals surface area contributed by atoms with Crippen LogP contribution in [0.15, 0.2) is 35.4 Å². The Bertz CT molecular complexity index is 795. The van der Waals surface area contributed by atoms with E-state index in [2.05, 4.69) is 5.32 Å². The summed E-state index contributed by atoms with van der Waals surface area (Å²) in [6.45, 7) is 3.53. The van der Waals surface area contributed by atoms with Gasteiger partial charge < -0.3 is 10.1 Å². The molecule has 8 heteroatoms. The zero-order valence-corrected chi connectivity index (χ0v) is 14.7. The van der Waals surface area contributed by atoms with Crippen LogP contribution in [0.4, 0.5) is 0 Å². The van der Waals surface area contributed by atoms with Crippen molar-refractivity contribution in [1.29, 1.82) is 0 Å². The summed E-state index contributed by atoms with van der Waals surface area (Å²) in [5.74, 6) is -2.39. The molecular formula is C17H16N2O5S. The number of nitrogens with zero attached hydrogens (tertiary/aromatic N) is 1. The monoisotopic (exact) mass is 360 g/mol. The van der Waals surface area contributed by atoms with E-state index in [1.165, 1.54) is 24.3 Å². The van der Waals surface area contributed by atoms with Gasteiger partial charge in [0.2, 0.25) is 0 Å². The average molecular weight is 360 g/mol. The molecule has 2 heterocycles. The molecule has 0 spiro atoms. The van der Waals surface area contributed by atoms with Crippen LogP contribution in [-0.4, -0.2) is 46.5 Å². The molecule has 0 aliphatic carbocycles. The lowest BCUT2D eigenvalue weighted by Crippen LogP contribution is -2.53. The number of ether oxygens (including phenoxy) is 1. The van der Waals surface area contributed by atoms with E-state index in [-0.39, 0.29) is 16.8 Å². The Hall–Kier alpha value is -2.61. The van der Waals surface area contributed by atoms with E-state index < -0.39 is 34.5 Å². The number of rotatable bonds is 2. The number of amides is 3. The van der Waals surface area contributed by atoms with Gasteiger partial charge in [-0.2, -0.15) is 0 Å². The highest BCUT2D eigenvalue weighted by Gasteiger charge is 2.45. The third kappa shape index (κ3) is 2.72. The van der Waals surface area contributed by atoms with Crippen molar-refractivity contribution in [3.63, 3.8) is 0 Å². The van der Waals surface area contributed by atoms with Gasteiger partial charge in [-0.3, -0.25) is 14.4 Å². The van der Waals surface area contributed by atoms with Gasteiger partial charge in [0.05, 0.1) is 18.2 Å². The number of esters is 1. The number of imide groups is 1. The van der Waals surface area contributed by atoms with Crippen molar-refractivity contribution >= 4 is 35.5 Å². The third-order valence-electron chi connectivity index (χ3n) is 4.15. The molecule has 0 bridgehead atoms. The molecule has 0 radical (unpaired) electrons. The molecule has 1 aromatic carbocycles. The fraction of sp³-hybridized carbons (Fsp3) is 0.294. The van der Waals surface area contributed by atoms with Crippen molar-refractivity contribution in [2.45, 2.75) is 24.6 Å². The van der Waals surface area contributed by atoms with Gasteiger partial charge in [0.15, 0.2) is 0 Å². The van der Waals surface area contributed by atoms with E-state index in [0.717, 1.165) is 4.90 Å². The van der Waals surface area contributed by atoms with Crippen LogP contribution in [0.25, 0.3) is 0 Å². The summed E-state index contributed by atoms with van der Waals surface area (Å²) < 4.78 is 4.03. The predicted octanol–water partition coefficient (Wildman–Crippen LogP) is 1.31. The maximum absolute atomic E-state index is 12.6. The molecule has 0 fully saturated rings. The lowest BCUT2D eigenvalue weighted by molar-refractivity contribution is -0.145. The molecule has 7 nitrogen and oxygen atoms in total. The Labute approximate surface area is 148 Å². The molecule has 2 aliphatic rings. The predicted molar refractivity (Wildman–Crippen MR) is 90.6 cm³/mol. The molecular weight excluding hydrogens is 344 g/mol. The van der Waals surface area contributed by atoms with Crippen molar-refractivity contribution in [3.05, 3.63) is 46.5 Å². The van der Waals surface area contributed by atoms with Crippen LogP contribution in [-0.2, 0) is 14.3 Å². The number of hydrogen-bond donors (Lipinski definition) is 1. The van der Waals surface area contributed by atoms with Crippen molar-refractivity contribution in [2.24, 2.45) is 0 Å². The molecule has 1 atom stereocenters. The minimum Gasteiger partial charge on any atom is -0.467 e. The van der Waals surface area contributed by atoms with Crippen molar-refractivity contribution in [2.75, 3.05) is 7.11 Å². The van der Waals surface area contributed by atoms with Gasteiger partial charge in [-0.05, 0) is 26.0 Å². The molecule has 0 saturated carbocycles. The number of nitrogens with one attached hydrogen (secondary N) is 1. The zero-order valence-electron chi connectivity index (χ0n) is 13.9. The van der Waals surface area contributed by atoms with E-state index in [1.54, 1.807) is 38.1 Å². The number of hydrogen-bond acceptors (Lipinski definition) is 6. The molecule has 130 valence electrons. The molecule has 1 N–H and O–H groups in total. The van der Waals surface area contributed by atoms with Crippen molar-refractivity contribution in [3.8, 4) is 0 Å². The van der Waals surface area contributed by atoms with Gasteiger partial charge in [-0.25, -0.2) is 9.69 Å². The van der Waals surface area contributed by atoms with E-state index in [4.69, 9.17) is 4.74 Å². The number of thioether (sulfide) groups is 1. The number of methoxy groups -OCH3 is 1. The van der Waals surface area contributed by atoms with Crippen LogP contribution in [0, 0.1) is 0 Å². The quantitative estimate of drug-likeness (QED) is 0.631. The van der Waals surface area contributed by atoms with Crippen LogP contribution in [0.5, 0.6) is 0 Å². The Balaban J connectivity index is 1.98. The van der Waals surface area contributed by atoms with Crippen molar-refractivity contribution in [1.82, 2.24) is 10.2 Å². The van der Waals surface area contributed by atoms with Gasteiger partial charge in [-0.1, -0.05) is 12.1 Å². The highest BCUT2D eigenvalue weighted by Crippen LogP contribution is 2.36. The second-order valence-electron chi connectivity index (χ2n) is 6.15. The molecule has 3 rings (SSSR count). The smallest absolute Gasteiger partial charge is 0.329 e. The van der Waals surface area contributed by atoms with Gasteiger partial charge >= 0.3 is 5.97 Å². The highest BCUT2D eigenvalue weighted by atomic mass is 32.2. The lowest BCUT2D eigenvalue weighted by atomic mass is 10.0. The summed E-state index contributed by atoms with van der Waals surface area (Å²) in [4.78, 5) is 50.6. The first kappa shape index (κ1) is 17.2. The van der Waals surface area contributed by atoms with Gasteiger partial charge in [0, 0.05) is 10.2 Å². The summed E-state index contributed by atoms with van der Waals surface area (Å²) in [6.07, 6.45) is 0. The first-order chi connectivity index (χ1) is 11.8. The van der Waals surface area contributed by atoms with Crippen molar-refractivity contribution < 1.29 is 23.9 Å². The number of carbonyl (C=O) groups excluding carboxylic acids is 4. The first-order valence-electron chi connectivity index (χ1n) is 7.52. The second kappa shape index (κ2) is 6.03. The van der Waals surface area contributed by atoms with E-state index >= 15 is 0 Å².